The maximum absolute atomic E-state index is 13.9. The molecule has 226 valence electrons. The van der Waals surface area contributed by atoms with Crippen molar-refractivity contribution in [3.63, 3.8) is 0 Å². The molecule has 0 heterocycles. The van der Waals surface area contributed by atoms with Gasteiger partial charge < -0.3 is 20.7 Å². The van der Waals surface area contributed by atoms with Gasteiger partial charge in [-0.2, -0.15) is 0 Å². The molecule has 12 nitrogen and oxygen atoms in total. The number of aromatic hydroxyl groups is 1. The number of fused-ring (bicyclic) bond motifs is 3. The van der Waals surface area contributed by atoms with Crippen molar-refractivity contribution in [1.29, 1.82) is 0 Å². The normalized spacial score (nSPS) is 28.2. The van der Waals surface area contributed by atoms with Crippen LogP contribution in [-0.4, -0.2) is 89.3 Å². The number of ether oxygens (including phenoxy) is 1. The highest BCUT2D eigenvalue weighted by molar-refractivity contribution is 6.32. The number of nitrogens with one attached hydrogen (secondary N) is 1. The summed E-state index contributed by atoms with van der Waals surface area (Å²) in [6.07, 6.45) is -0.794. The molecule has 2 aromatic rings. The van der Waals surface area contributed by atoms with E-state index >= 15 is 0 Å². The van der Waals surface area contributed by atoms with Crippen LogP contribution in [0.25, 0.3) is 11.1 Å². The minimum absolute atomic E-state index is 0.0666. The van der Waals surface area contributed by atoms with Crippen LogP contribution in [0.5, 0.6) is 5.75 Å². The number of halogens is 1. The number of carbonyl (C=O) groups is 6. The van der Waals surface area contributed by atoms with Gasteiger partial charge in [0.1, 0.15) is 19.0 Å². The molecular weight excluding hydrogens is 565 g/mol. The van der Waals surface area contributed by atoms with Crippen molar-refractivity contribution in [1.82, 2.24) is 4.90 Å². The van der Waals surface area contributed by atoms with E-state index in [1.165, 1.54) is 25.1 Å². The third-order valence-electron chi connectivity index (χ3n) is 8.70. The number of likely N-dealkylation sites (N-methyl/N-ethyl adjacent to an activating group) is 1. The molecule has 5 rings (SSSR count). The Labute approximate surface area is 245 Å². The molecule has 0 radical (unpaired) electrons. The van der Waals surface area contributed by atoms with Crippen LogP contribution in [0.2, 0.25) is 0 Å². The number of ketones is 4. The van der Waals surface area contributed by atoms with Gasteiger partial charge in [-0.3, -0.25) is 34.2 Å². The van der Waals surface area contributed by atoms with E-state index in [9.17, 15) is 43.4 Å². The number of rotatable bonds is 6. The monoisotopic (exact) mass is 595 g/mol. The Balaban J connectivity index is 1.54. The molecule has 6 atom stereocenters. The Bertz CT molecular complexity index is 1560. The highest BCUT2D eigenvalue weighted by Crippen LogP contribution is 2.51. The Morgan fingerprint density at radius 2 is 1.77 bits per heavy atom. The summed E-state index contributed by atoms with van der Waals surface area (Å²) in [5, 5.41) is 24.9. The van der Waals surface area contributed by atoms with Crippen LogP contribution < -0.4 is 11.1 Å². The Morgan fingerprint density at radius 3 is 2.37 bits per heavy atom. The average molecular weight is 596 g/mol. The van der Waals surface area contributed by atoms with Gasteiger partial charge >= 0.3 is 6.09 Å². The number of amides is 2. The number of phenolic OH excluding ortho intramolecular Hbond substituents is 1. The van der Waals surface area contributed by atoms with E-state index in [-0.39, 0.29) is 30.8 Å². The molecule has 2 unspecified atom stereocenters. The first-order valence-electron chi connectivity index (χ1n) is 13.6. The molecule has 0 aliphatic heterocycles. The van der Waals surface area contributed by atoms with Gasteiger partial charge in [0, 0.05) is 11.6 Å². The zero-order valence-corrected chi connectivity index (χ0v) is 23.3. The van der Waals surface area contributed by atoms with Crippen LogP contribution in [0.4, 0.5) is 14.9 Å². The van der Waals surface area contributed by atoms with E-state index < -0.39 is 77.1 Å². The maximum Gasteiger partial charge on any atom is 0.411 e. The Hall–Kier alpha value is -4.49. The number of benzene rings is 2. The molecule has 0 saturated heterocycles. The van der Waals surface area contributed by atoms with Crippen LogP contribution >= 0.6 is 0 Å². The Morgan fingerprint density at radius 1 is 1.09 bits per heavy atom. The largest absolute Gasteiger partial charge is 0.507 e. The summed E-state index contributed by atoms with van der Waals surface area (Å²) < 4.78 is 16.9. The molecule has 0 spiro atoms. The molecule has 2 aromatic carbocycles. The molecule has 43 heavy (non-hydrogen) atoms. The zero-order chi connectivity index (χ0) is 31.4. The van der Waals surface area contributed by atoms with Crippen molar-refractivity contribution < 1.29 is 48.1 Å². The molecule has 2 fully saturated rings. The van der Waals surface area contributed by atoms with Gasteiger partial charge in [0.05, 0.1) is 17.5 Å². The fraction of sp³-hybridized carbons (Fsp3) is 0.400. The molecule has 3 aliphatic rings. The molecular formula is C30H30FN3O9. The van der Waals surface area contributed by atoms with Crippen molar-refractivity contribution in [2.75, 3.05) is 32.7 Å². The van der Waals surface area contributed by atoms with Crippen LogP contribution in [0, 0.1) is 23.7 Å². The predicted molar refractivity (Wildman–Crippen MR) is 148 cm³/mol. The highest BCUT2D eigenvalue weighted by atomic mass is 19.1. The van der Waals surface area contributed by atoms with Gasteiger partial charge in [-0.25, -0.2) is 9.18 Å². The molecule has 0 bridgehead atoms. The summed E-state index contributed by atoms with van der Waals surface area (Å²) >= 11 is 0. The number of hydrogen-bond donors (Lipinski definition) is 4. The Kier molecular flexibility index (Phi) is 7.65. The van der Waals surface area contributed by atoms with Crippen LogP contribution in [0.15, 0.2) is 36.4 Å². The van der Waals surface area contributed by atoms with Crippen LogP contribution in [0.1, 0.15) is 22.3 Å². The zero-order valence-electron chi connectivity index (χ0n) is 23.3. The summed E-state index contributed by atoms with van der Waals surface area (Å²) in [6.45, 7) is -1.20. The van der Waals surface area contributed by atoms with Crippen LogP contribution in [-0.2, 0) is 30.3 Å². The van der Waals surface area contributed by atoms with Gasteiger partial charge in [0.2, 0.25) is 5.91 Å². The number of carbonyl (C=O) groups excluding carboxylic acids is 6. The number of phenols is 1. The minimum atomic E-state index is -2.79. The first-order valence-corrected chi connectivity index (χ1v) is 13.6. The lowest BCUT2D eigenvalue weighted by Gasteiger charge is -2.52. The van der Waals surface area contributed by atoms with E-state index in [1.54, 1.807) is 30.3 Å². The van der Waals surface area contributed by atoms with Crippen LogP contribution in [0.3, 0.4) is 0 Å². The second kappa shape index (κ2) is 11.0. The lowest BCUT2D eigenvalue weighted by Crippen LogP contribution is -2.74. The van der Waals surface area contributed by atoms with E-state index in [4.69, 9.17) is 5.73 Å². The van der Waals surface area contributed by atoms with Gasteiger partial charge in [0.25, 0.3) is 0 Å². The molecule has 2 saturated carbocycles. The van der Waals surface area contributed by atoms with Crippen molar-refractivity contribution in [2.45, 2.75) is 24.5 Å². The first kappa shape index (κ1) is 30.0. The van der Waals surface area contributed by atoms with Crippen molar-refractivity contribution >= 4 is 40.8 Å². The molecule has 13 heteroatoms. The summed E-state index contributed by atoms with van der Waals surface area (Å²) in [5.41, 5.74) is 4.41. The maximum atomic E-state index is 13.9. The lowest BCUT2D eigenvalue weighted by atomic mass is 9.52. The minimum Gasteiger partial charge on any atom is -0.507 e. The molecule has 3 aliphatic carbocycles. The first-order chi connectivity index (χ1) is 20.3. The number of aliphatic hydroxyl groups is 1. The summed E-state index contributed by atoms with van der Waals surface area (Å²) in [6, 6.07) is 8.16. The highest BCUT2D eigenvalue weighted by Gasteiger charge is 2.69. The third kappa shape index (κ3) is 4.68. The van der Waals surface area contributed by atoms with Crippen molar-refractivity contribution in [3.05, 3.63) is 47.5 Å². The standard InChI is InChI=1S/C30H30FN3O9/c1-34(2)23-18-12-14-11-17-16(13-3-5-15(6-4-13)33-29(41)43-10-9-31)7-8-19(35)21(17)24(36)20(14)26(38)30(18,42)27(39)22(25(23)37)28(32)40/h3-8,14,18,20,22-23,35,42H,9-12H2,1-2H3,(H2,32,40)(H,33,41)/t14-,18-,20?,22?,23-,30-/m0/s1. The number of nitrogens with zero attached hydrogens (tertiary/aromatic N) is 1. The lowest BCUT2D eigenvalue weighted by molar-refractivity contribution is -0.181. The number of alkyl halides is 1. The van der Waals surface area contributed by atoms with E-state index in [1.807, 2.05) is 0 Å². The van der Waals surface area contributed by atoms with Gasteiger partial charge in [-0.1, -0.05) is 18.2 Å². The number of nitrogens with two attached hydrogens (primary N) is 1. The van der Waals surface area contributed by atoms with Gasteiger partial charge in [-0.05, 0) is 67.7 Å². The molecule has 0 aromatic heterocycles. The fourth-order valence-corrected chi connectivity index (χ4v) is 6.89. The topological polar surface area (TPSA) is 193 Å². The number of primary amides is 1. The summed E-state index contributed by atoms with van der Waals surface area (Å²) in [5.74, 6) is -11.2. The summed E-state index contributed by atoms with van der Waals surface area (Å²) in [4.78, 5) is 79.7. The number of hydrogen-bond acceptors (Lipinski definition) is 10. The van der Waals surface area contributed by atoms with E-state index in [0.717, 1.165) is 0 Å². The average Bonchev–Trinajstić information content (AvgIpc) is 2.94. The smallest absolute Gasteiger partial charge is 0.411 e. The second-order valence-corrected chi connectivity index (χ2v) is 11.3. The molecule has 2 amide bonds. The summed E-state index contributed by atoms with van der Waals surface area (Å²) in [7, 11) is 3.04. The second-order valence-electron chi connectivity index (χ2n) is 11.3. The predicted octanol–water partition coefficient (Wildman–Crippen LogP) is 1.05. The van der Waals surface area contributed by atoms with Crippen molar-refractivity contribution in [2.24, 2.45) is 29.4 Å². The third-order valence-corrected chi connectivity index (χ3v) is 8.70. The van der Waals surface area contributed by atoms with E-state index in [0.29, 0.717) is 22.4 Å². The fourth-order valence-electron chi connectivity index (χ4n) is 6.89. The van der Waals surface area contributed by atoms with E-state index in [2.05, 4.69) is 10.1 Å². The van der Waals surface area contributed by atoms with Crippen molar-refractivity contribution in [3.8, 4) is 16.9 Å². The SMILES string of the molecule is CN(C)[C@@H]1C(=O)C(C(N)=O)C(=O)[C@@]2(O)C(=O)C3C(=O)c4c(O)ccc(-c5ccc(NC(=O)OCCF)cc5)c4C[C@H]3C[C@@H]12. The number of anilines is 1. The number of Topliss-reactive ketones (excluding diaryl/α,β-unsaturated/α-hetero) is 4. The van der Waals surface area contributed by atoms with Gasteiger partial charge in [-0.15, -0.1) is 0 Å². The van der Waals surface area contributed by atoms with Gasteiger partial charge in [0.15, 0.2) is 34.7 Å². The molecule has 5 N–H and O–H groups in total. The quantitative estimate of drug-likeness (QED) is 0.351.